The first-order valence-corrected chi connectivity index (χ1v) is 35.1. The van der Waals surface area contributed by atoms with E-state index in [1.807, 2.05) is 6.08 Å². The quantitative estimate of drug-likeness (QED) is 0.0320. The molecule has 6 heteroatoms. The zero-order valence-electron chi connectivity index (χ0n) is 52.2. The number of nitrogens with one attached hydrogen (secondary N) is 1. The van der Waals surface area contributed by atoms with Crippen LogP contribution in [0.5, 0.6) is 0 Å². The molecule has 1 amide bonds. The van der Waals surface area contributed by atoms with Crippen LogP contribution in [0, 0.1) is 0 Å². The van der Waals surface area contributed by atoms with Crippen LogP contribution in [0.25, 0.3) is 0 Å². The summed E-state index contributed by atoms with van der Waals surface area (Å²) < 4.78 is 5.50. The van der Waals surface area contributed by atoms with Crippen molar-refractivity contribution in [2.75, 3.05) is 13.2 Å². The third kappa shape index (κ3) is 63.4. The lowest BCUT2D eigenvalue weighted by Gasteiger charge is -2.20. The molecule has 456 valence electrons. The number of amides is 1. The number of carbonyl (C=O) groups is 2. The van der Waals surface area contributed by atoms with E-state index >= 15 is 0 Å². The summed E-state index contributed by atoms with van der Waals surface area (Å²) in [6.07, 6.45) is 83.9. The molecular formula is C71H137NO5. The van der Waals surface area contributed by atoms with Crippen LogP contribution in [0.2, 0.25) is 0 Å². The van der Waals surface area contributed by atoms with Gasteiger partial charge in [-0.15, -0.1) is 0 Å². The molecule has 77 heavy (non-hydrogen) atoms. The van der Waals surface area contributed by atoms with Gasteiger partial charge >= 0.3 is 5.97 Å². The Morgan fingerprint density at radius 2 is 0.610 bits per heavy atom. The van der Waals surface area contributed by atoms with E-state index in [1.165, 1.54) is 321 Å². The van der Waals surface area contributed by atoms with Crippen molar-refractivity contribution in [3.63, 3.8) is 0 Å². The second kappa shape index (κ2) is 66.8. The number of esters is 1. The van der Waals surface area contributed by atoms with E-state index in [4.69, 9.17) is 4.74 Å². The van der Waals surface area contributed by atoms with Gasteiger partial charge in [0.05, 0.1) is 25.4 Å². The highest BCUT2D eigenvalue weighted by Gasteiger charge is 2.18. The third-order valence-corrected chi connectivity index (χ3v) is 16.5. The molecule has 0 saturated carbocycles. The smallest absolute Gasteiger partial charge is 0.305 e. The van der Waals surface area contributed by atoms with E-state index in [1.54, 1.807) is 6.08 Å². The van der Waals surface area contributed by atoms with Crippen molar-refractivity contribution < 1.29 is 24.5 Å². The van der Waals surface area contributed by atoms with Gasteiger partial charge in [-0.1, -0.05) is 346 Å². The highest BCUT2D eigenvalue weighted by Crippen LogP contribution is 2.19. The number of rotatable bonds is 66. The molecule has 2 unspecified atom stereocenters. The molecule has 6 nitrogen and oxygen atoms in total. The zero-order valence-corrected chi connectivity index (χ0v) is 52.2. The third-order valence-electron chi connectivity index (χ3n) is 16.5. The first-order chi connectivity index (χ1) is 38.0. The Kier molecular flexibility index (Phi) is 65.4. The van der Waals surface area contributed by atoms with Crippen LogP contribution in [-0.4, -0.2) is 47.4 Å². The van der Waals surface area contributed by atoms with Crippen molar-refractivity contribution in [2.24, 2.45) is 0 Å². The van der Waals surface area contributed by atoms with E-state index in [9.17, 15) is 19.8 Å². The number of allylic oxidation sites excluding steroid dienone is 3. The van der Waals surface area contributed by atoms with Gasteiger partial charge in [-0.25, -0.2) is 0 Å². The van der Waals surface area contributed by atoms with Gasteiger partial charge in [0.1, 0.15) is 0 Å². The Balaban J connectivity index is 3.39. The minimum absolute atomic E-state index is 0.0114. The molecule has 0 saturated heterocycles. The summed E-state index contributed by atoms with van der Waals surface area (Å²) in [5.74, 6) is -0.0522. The second-order valence-electron chi connectivity index (χ2n) is 24.2. The maximum Gasteiger partial charge on any atom is 0.305 e. The number of hydrogen-bond donors (Lipinski definition) is 3. The molecule has 0 aliphatic heterocycles. The number of aliphatic hydroxyl groups excluding tert-OH is 2. The van der Waals surface area contributed by atoms with Gasteiger partial charge in [-0.3, -0.25) is 9.59 Å². The predicted molar refractivity (Wildman–Crippen MR) is 338 cm³/mol. The fraction of sp³-hybridized carbons (Fsp3) is 0.915. The molecule has 0 aromatic rings. The summed E-state index contributed by atoms with van der Waals surface area (Å²) in [6.45, 7) is 4.94. The first-order valence-electron chi connectivity index (χ1n) is 35.1. The van der Waals surface area contributed by atoms with Gasteiger partial charge in [0, 0.05) is 12.8 Å². The van der Waals surface area contributed by atoms with Crippen LogP contribution in [0.3, 0.4) is 0 Å². The molecule has 0 aliphatic rings. The van der Waals surface area contributed by atoms with Crippen molar-refractivity contribution >= 4 is 11.9 Å². The largest absolute Gasteiger partial charge is 0.466 e. The fourth-order valence-electron chi connectivity index (χ4n) is 11.1. The highest BCUT2D eigenvalue weighted by atomic mass is 16.5. The summed E-state index contributed by atoms with van der Waals surface area (Å²) in [4.78, 5) is 24.6. The fourth-order valence-corrected chi connectivity index (χ4v) is 11.1. The Bertz CT molecular complexity index is 1200. The van der Waals surface area contributed by atoms with Crippen molar-refractivity contribution in [3.05, 3.63) is 24.3 Å². The summed E-state index contributed by atoms with van der Waals surface area (Å²) >= 11 is 0. The maximum atomic E-state index is 12.5. The molecule has 0 bridgehead atoms. The van der Waals surface area contributed by atoms with Gasteiger partial charge in [0.25, 0.3) is 0 Å². The monoisotopic (exact) mass is 1080 g/mol. The van der Waals surface area contributed by atoms with Crippen molar-refractivity contribution in [3.8, 4) is 0 Å². The van der Waals surface area contributed by atoms with Crippen LogP contribution < -0.4 is 5.32 Å². The molecule has 0 spiro atoms. The molecule has 0 rings (SSSR count). The zero-order chi connectivity index (χ0) is 55.7. The average Bonchev–Trinajstić information content (AvgIpc) is 3.43. The minimum atomic E-state index is -0.845. The van der Waals surface area contributed by atoms with E-state index in [-0.39, 0.29) is 18.5 Å². The molecule has 0 aromatic carbocycles. The minimum Gasteiger partial charge on any atom is -0.466 e. The van der Waals surface area contributed by atoms with E-state index in [0.29, 0.717) is 19.4 Å². The topological polar surface area (TPSA) is 95.9 Å². The van der Waals surface area contributed by atoms with Crippen molar-refractivity contribution in [1.29, 1.82) is 0 Å². The number of ether oxygens (including phenoxy) is 1. The molecule has 2 atom stereocenters. The summed E-state index contributed by atoms with van der Waals surface area (Å²) in [5, 5.41) is 23.2. The van der Waals surface area contributed by atoms with E-state index < -0.39 is 12.1 Å². The number of aliphatic hydroxyl groups is 2. The van der Waals surface area contributed by atoms with Crippen molar-refractivity contribution in [2.45, 2.75) is 405 Å². The van der Waals surface area contributed by atoms with Crippen LogP contribution in [0.4, 0.5) is 0 Å². The van der Waals surface area contributed by atoms with E-state index in [2.05, 4.69) is 31.3 Å². The number of carbonyl (C=O) groups excluding carboxylic acids is 2. The van der Waals surface area contributed by atoms with Crippen LogP contribution >= 0.6 is 0 Å². The average molecular weight is 1080 g/mol. The van der Waals surface area contributed by atoms with Gasteiger partial charge < -0.3 is 20.3 Å². The Morgan fingerprint density at radius 3 is 0.922 bits per heavy atom. The lowest BCUT2D eigenvalue weighted by molar-refractivity contribution is -0.143. The molecule has 0 aromatic heterocycles. The predicted octanol–water partition coefficient (Wildman–Crippen LogP) is 22.5. The lowest BCUT2D eigenvalue weighted by atomic mass is 10.0. The normalized spacial score (nSPS) is 12.6. The molecule has 0 fully saturated rings. The van der Waals surface area contributed by atoms with Crippen LogP contribution in [-0.2, 0) is 14.3 Å². The Labute approximate surface area is 481 Å². The summed E-state index contributed by atoms with van der Waals surface area (Å²) in [7, 11) is 0. The maximum absolute atomic E-state index is 12.5. The highest BCUT2D eigenvalue weighted by molar-refractivity contribution is 5.76. The first kappa shape index (κ1) is 75.3. The molecule has 0 radical (unpaired) electrons. The van der Waals surface area contributed by atoms with Crippen LogP contribution in [0.1, 0.15) is 393 Å². The standard InChI is InChI=1S/C71H137NO5/c1-3-5-7-9-11-13-15-17-19-21-22-28-32-35-39-43-47-51-55-59-63-69(74)68(67-73)72-70(75)64-60-56-52-48-44-40-36-33-29-26-24-23-25-27-30-34-38-42-46-50-54-58-62-66-77-71(76)65-61-57-53-49-45-41-37-31-20-18-16-14-12-10-8-6-4-2/h18,20,59,63,68-69,73-74H,3-17,19,21-58,60-62,64-67H2,1-2H3,(H,72,75)/b20-18-,63-59+. The Morgan fingerprint density at radius 1 is 0.351 bits per heavy atom. The second-order valence-corrected chi connectivity index (χ2v) is 24.2. The van der Waals surface area contributed by atoms with Gasteiger partial charge in [-0.2, -0.15) is 0 Å². The Hall–Kier alpha value is -1.66. The molecular weight excluding hydrogens is 947 g/mol. The summed E-state index contributed by atoms with van der Waals surface area (Å²) in [6, 6.07) is -0.628. The van der Waals surface area contributed by atoms with Gasteiger partial charge in [0.15, 0.2) is 0 Å². The SMILES string of the molecule is CCCCCCCC/C=C\CCCCCCCCCC(=O)OCCCCCCCCCCCCCCCCCCCCCCCCCC(=O)NC(CO)C(O)/C=C/CCCCCCCCCCCCCCCCCCCC. The van der Waals surface area contributed by atoms with E-state index in [0.717, 1.165) is 44.9 Å². The lowest BCUT2D eigenvalue weighted by Crippen LogP contribution is -2.45. The van der Waals surface area contributed by atoms with Gasteiger partial charge in [0.2, 0.25) is 5.91 Å². The van der Waals surface area contributed by atoms with Crippen molar-refractivity contribution in [1.82, 2.24) is 5.32 Å². The number of unbranched alkanes of at least 4 members (excludes halogenated alkanes) is 53. The molecule has 0 heterocycles. The molecule has 3 N–H and O–H groups in total. The molecule has 0 aliphatic carbocycles. The summed E-state index contributed by atoms with van der Waals surface area (Å²) in [5.41, 5.74) is 0. The van der Waals surface area contributed by atoms with Gasteiger partial charge in [-0.05, 0) is 57.8 Å². The number of hydrogen-bond acceptors (Lipinski definition) is 5. The van der Waals surface area contributed by atoms with Crippen LogP contribution in [0.15, 0.2) is 24.3 Å².